The summed E-state index contributed by atoms with van der Waals surface area (Å²) in [4.78, 5) is 12.1. The number of hydrogen-bond donors (Lipinski definition) is 1. The third-order valence-electron chi connectivity index (χ3n) is 3.09. The van der Waals surface area contributed by atoms with E-state index < -0.39 is 0 Å². The Labute approximate surface area is 128 Å². The monoisotopic (exact) mass is 303 g/mol. The summed E-state index contributed by atoms with van der Waals surface area (Å²) in [6.07, 6.45) is 0. The first-order valence-electron chi connectivity index (χ1n) is 6.97. The van der Waals surface area contributed by atoms with Gasteiger partial charge < -0.3 is 14.8 Å². The fourth-order valence-electron chi connectivity index (χ4n) is 1.97. The number of halogens is 1. The Morgan fingerprint density at radius 1 is 1.14 bits per heavy atom. The summed E-state index contributed by atoms with van der Waals surface area (Å²) >= 11 is 0. The zero-order valence-electron chi connectivity index (χ0n) is 12.6. The van der Waals surface area contributed by atoms with Gasteiger partial charge in [-0.25, -0.2) is 4.39 Å². The van der Waals surface area contributed by atoms with Gasteiger partial charge in [-0.05, 0) is 42.8 Å². The smallest absolute Gasteiger partial charge is 0.251 e. The maximum Gasteiger partial charge on any atom is 0.251 e. The van der Waals surface area contributed by atoms with E-state index in [9.17, 15) is 9.18 Å². The molecule has 0 heterocycles. The van der Waals surface area contributed by atoms with Crippen LogP contribution in [0.4, 0.5) is 4.39 Å². The molecule has 0 fully saturated rings. The van der Waals surface area contributed by atoms with Gasteiger partial charge in [0.15, 0.2) is 11.5 Å². The molecule has 2 rings (SSSR count). The van der Waals surface area contributed by atoms with Crippen molar-refractivity contribution in [2.45, 2.75) is 13.5 Å². The van der Waals surface area contributed by atoms with Gasteiger partial charge in [0, 0.05) is 12.1 Å². The second-order valence-corrected chi connectivity index (χ2v) is 4.61. The molecule has 0 radical (unpaired) electrons. The minimum absolute atomic E-state index is 0.231. The zero-order chi connectivity index (χ0) is 15.9. The van der Waals surface area contributed by atoms with Crippen molar-refractivity contribution in [3.8, 4) is 11.5 Å². The van der Waals surface area contributed by atoms with Gasteiger partial charge in [-0.3, -0.25) is 4.79 Å². The molecule has 0 saturated heterocycles. The molecule has 2 aromatic carbocycles. The van der Waals surface area contributed by atoms with Crippen LogP contribution in [0.3, 0.4) is 0 Å². The van der Waals surface area contributed by atoms with Crippen molar-refractivity contribution >= 4 is 5.91 Å². The summed E-state index contributed by atoms with van der Waals surface area (Å²) in [5.41, 5.74) is 1.30. The average molecular weight is 303 g/mol. The number of carbonyl (C=O) groups is 1. The van der Waals surface area contributed by atoms with Crippen LogP contribution < -0.4 is 14.8 Å². The first-order valence-corrected chi connectivity index (χ1v) is 6.97. The van der Waals surface area contributed by atoms with Gasteiger partial charge in [0.05, 0.1) is 13.7 Å². The number of methoxy groups -OCH3 is 1. The SMILES string of the molecule is CCOc1ccc(C(=O)NCc2ccc(F)cc2)cc1OC. The third-order valence-corrected chi connectivity index (χ3v) is 3.09. The van der Waals surface area contributed by atoms with Gasteiger partial charge in [-0.15, -0.1) is 0 Å². The molecule has 0 atom stereocenters. The molecule has 0 saturated carbocycles. The van der Waals surface area contributed by atoms with Gasteiger partial charge in [0.25, 0.3) is 5.91 Å². The van der Waals surface area contributed by atoms with Gasteiger partial charge >= 0.3 is 0 Å². The van der Waals surface area contributed by atoms with E-state index in [0.29, 0.717) is 30.2 Å². The highest BCUT2D eigenvalue weighted by molar-refractivity contribution is 5.94. The Kier molecular flexibility index (Phi) is 5.36. The Bertz CT molecular complexity index is 641. The fraction of sp³-hybridized carbons (Fsp3) is 0.235. The van der Waals surface area contributed by atoms with Crippen LogP contribution in [-0.2, 0) is 6.54 Å². The highest BCUT2D eigenvalue weighted by Crippen LogP contribution is 2.28. The minimum Gasteiger partial charge on any atom is -0.493 e. The second kappa shape index (κ2) is 7.45. The van der Waals surface area contributed by atoms with Gasteiger partial charge in [0.1, 0.15) is 5.82 Å². The lowest BCUT2D eigenvalue weighted by atomic mass is 10.1. The van der Waals surface area contributed by atoms with Crippen molar-refractivity contribution in [3.05, 3.63) is 59.4 Å². The number of hydrogen-bond acceptors (Lipinski definition) is 3. The lowest BCUT2D eigenvalue weighted by Gasteiger charge is -2.11. The third kappa shape index (κ3) is 3.97. The first-order chi connectivity index (χ1) is 10.6. The van der Waals surface area contributed by atoms with E-state index in [1.165, 1.54) is 19.2 Å². The summed E-state index contributed by atoms with van der Waals surface area (Å²) in [7, 11) is 1.53. The highest BCUT2D eigenvalue weighted by Gasteiger charge is 2.10. The Balaban J connectivity index is 2.04. The molecular weight excluding hydrogens is 285 g/mol. The summed E-state index contributed by atoms with van der Waals surface area (Å²) in [6.45, 7) is 2.73. The molecule has 2 aromatic rings. The number of benzene rings is 2. The molecule has 0 aromatic heterocycles. The average Bonchev–Trinajstić information content (AvgIpc) is 2.54. The predicted octanol–water partition coefficient (Wildman–Crippen LogP) is 3.16. The molecule has 0 unspecified atom stereocenters. The molecule has 0 aliphatic heterocycles. The number of nitrogens with one attached hydrogen (secondary N) is 1. The molecule has 0 aliphatic rings. The summed E-state index contributed by atoms with van der Waals surface area (Å²) < 4.78 is 23.5. The standard InChI is InChI=1S/C17H18FNO3/c1-3-22-15-9-6-13(10-16(15)21-2)17(20)19-11-12-4-7-14(18)8-5-12/h4-10H,3,11H2,1-2H3,(H,19,20). The van der Waals surface area contributed by atoms with E-state index in [-0.39, 0.29) is 11.7 Å². The van der Waals surface area contributed by atoms with Crippen molar-refractivity contribution in [1.29, 1.82) is 0 Å². The molecule has 0 spiro atoms. The first kappa shape index (κ1) is 15.8. The van der Waals surface area contributed by atoms with Crippen molar-refractivity contribution in [3.63, 3.8) is 0 Å². The predicted molar refractivity (Wildman–Crippen MR) is 81.7 cm³/mol. The summed E-state index contributed by atoms with van der Waals surface area (Å²) in [5, 5.41) is 2.78. The van der Waals surface area contributed by atoms with Crippen LogP contribution in [0.25, 0.3) is 0 Å². The van der Waals surface area contributed by atoms with Gasteiger partial charge in [-0.2, -0.15) is 0 Å². The van der Waals surface area contributed by atoms with Crippen LogP contribution in [0.1, 0.15) is 22.8 Å². The number of carbonyl (C=O) groups excluding carboxylic acids is 1. The van der Waals surface area contributed by atoms with E-state index in [2.05, 4.69) is 5.32 Å². The molecule has 116 valence electrons. The van der Waals surface area contributed by atoms with E-state index in [1.54, 1.807) is 30.3 Å². The lowest BCUT2D eigenvalue weighted by molar-refractivity contribution is 0.0950. The Morgan fingerprint density at radius 3 is 2.50 bits per heavy atom. The molecule has 0 aliphatic carbocycles. The number of rotatable bonds is 6. The fourth-order valence-corrected chi connectivity index (χ4v) is 1.97. The molecule has 5 heteroatoms. The normalized spacial score (nSPS) is 10.1. The number of ether oxygens (including phenoxy) is 2. The van der Waals surface area contributed by atoms with Crippen molar-refractivity contribution in [1.82, 2.24) is 5.32 Å². The van der Waals surface area contributed by atoms with Crippen LogP contribution in [0.2, 0.25) is 0 Å². The van der Waals surface area contributed by atoms with Crippen molar-refractivity contribution < 1.29 is 18.7 Å². The quantitative estimate of drug-likeness (QED) is 0.891. The summed E-state index contributed by atoms with van der Waals surface area (Å²) in [5.74, 6) is 0.577. The van der Waals surface area contributed by atoms with Gasteiger partial charge in [-0.1, -0.05) is 12.1 Å². The molecule has 22 heavy (non-hydrogen) atoms. The Hall–Kier alpha value is -2.56. The lowest BCUT2D eigenvalue weighted by Crippen LogP contribution is -2.22. The van der Waals surface area contributed by atoms with Crippen LogP contribution in [0, 0.1) is 5.82 Å². The molecule has 0 bridgehead atoms. The largest absolute Gasteiger partial charge is 0.493 e. The molecule has 1 amide bonds. The summed E-state index contributed by atoms with van der Waals surface area (Å²) in [6, 6.07) is 11.0. The van der Waals surface area contributed by atoms with E-state index in [1.807, 2.05) is 6.92 Å². The van der Waals surface area contributed by atoms with E-state index in [4.69, 9.17) is 9.47 Å². The van der Waals surface area contributed by atoms with Crippen LogP contribution in [0.5, 0.6) is 11.5 Å². The van der Waals surface area contributed by atoms with E-state index >= 15 is 0 Å². The second-order valence-electron chi connectivity index (χ2n) is 4.61. The molecular formula is C17H18FNO3. The maximum atomic E-state index is 12.8. The maximum absolute atomic E-state index is 12.8. The zero-order valence-corrected chi connectivity index (χ0v) is 12.6. The van der Waals surface area contributed by atoms with Crippen LogP contribution >= 0.6 is 0 Å². The molecule has 4 nitrogen and oxygen atoms in total. The van der Waals surface area contributed by atoms with Crippen molar-refractivity contribution in [2.75, 3.05) is 13.7 Å². The highest BCUT2D eigenvalue weighted by atomic mass is 19.1. The van der Waals surface area contributed by atoms with Gasteiger partial charge in [0.2, 0.25) is 0 Å². The van der Waals surface area contributed by atoms with Crippen LogP contribution in [-0.4, -0.2) is 19.6 Å². The van der Waals surface area contributed by atoms with Crippen LogP contribution in [0.15, 0.2) is 42.5 Å². The molecule has 1 N–H and O–H groups in total. The topological polar surface area (TPSA) is 47.6 Å². The van der Waals surface area contributed by atoms with E-state index in [0.717, 1.165) is 5.56 Å². The number of amides is 1. The minimum atomic E-state index is -0.300. The Morgan fingerprint density at radius 2 is 1.86 bits per heavy atom. The van der Waals surface area contributed by atoms with Crippen molar-refractivity contribution in [2.24, 2.45) is 0 Å².